The van der Waals surface area contributed by atoms with Gasteiger partial charge in [-0.3, -0.25) is 9.59 Å². The Bertz CT molecular complexity index is 1190. The fraction of sp³-hybridized carbons (Fsp3) is 0. The van der Waals surface area contributed by atoms with E-state index in [4.69, 9.17) is 28.0 Å². The summed E-state index contributed by atoms with van der Waals surface area (Å²) >= 11 is 11.7. The van der Waals surface area contributed by atoms with Crippen LogP contribution in [0.4, 0.5) is 5.69 Å². The first-order valence-corrected chi connectivity index (χ1v) is 9.50. The minimum atomic E-state index is -0.757. The molecule has 0 bridgehead atoms. The van der Waals surface area contributed by atoms with Gasteiger partial charge < -0.3 is 4.84 Å². The van der Waals surface area contributed by atoms with E-state index in [9.17, 15) is 14.4 Å². The van der Waals surface area contributed by atoms with E-state index in [1.165, 1.54) is 36.4 Å². The number of para-hydroxylation sites is 1. The van der Waals surface area contributed by atoms with E-state index in [0.717, 1.165) is 4.90 Å². The number of amides is 2. The number of nitrogens with zero attached hydrogens (tertiary/aromatic N) is 2. The van der Waals surface area contributed by atoms with Crippen LogP contribution in [0.25, 0.3) is 0 Å². The quantitative estimate of drug-likeness (QED) is 0.336. The van der Waals surface area contributed by atoms with Crippen LogP contribution < -0.4 is 4.90 Å². The molecule has 0 spiro atoms. The Balaban J connectivity index is 1.65. The molecule has 8 heteroatoms. The smallest absolute Gasteiger partial charge is 0.312 e. The third-order valence-electron chi connectivity index (χ3n) is 4.40. The summed E-state index contributed by atoms with van der Waals surface area (Å²) in [7, 11) is 0. The van der Waals surface area contributed by atoms with Gasteiger partial charge in [0.15, 0.2) is 5.71 Å². The molecule has 3 aromatic rings. The lowest BCUT2D eigenvalue weighted by Crippen LogP contribution is -2.36. The summed E-state index contributed by atoms with van der Waals surface area (Å²) in [6.45, 7) is 0. The van der Waals surface area contributed by atoms with E-state index in [2.05, 4.69) is 5.16 Å². The number of hydrogen-bond donors (Lipinski definition) is 0. The maximum absolute atomic E-state index is 13.0. The third kappa shape index (κ3) is 3.70. The first-order chi connectivity index (χ1) is 14.5. The molecule has 1 aliphatic rings. The van der Waals surface area contributed by atoms with Gasteiger partial charge in [-0.2, -0.15) is 0 Å². The monoisotopic (exact) mass is 438 g/mol. The van der Waals surface area contributed by atoms with Crippen LogP contribution in [-0.4, -0.2) is 23.5 Å². The zero-order chi connectivity index (χ0) is 21.3. The molecule has 148 valence electrons. The predicted octanol–water partition coefficient (Wildman–Crippen LogP) is 4.74. The van der Waals surface area contributed by atoms with E-state index >= 15 is 0 Å². The van der Waals surface area contributed by atoms with Gasteiger partial charge in [0.1, 0.15) is 0 Å². The van der Waals surface area contributed by atoms with E-state index < -0.39 is 17.8 Å². The highest BCUT2D eigenvalue weighted by Gasteiger charge is 2.39. The number of carbonyl (C=O) groups excluding carboxylic acids is 3. The zero-order valence-corrected chi connectivity index (χ0v) is 16.7. The summed E-state index contributed by atoms with van der Waals surface area (Å²) in [5.41, 5.74) is 1.09. The van der Waals surface area contributed by atoms with E-state index in [-0.39, 0.29) is 16.8 Å². The number of halogens is 2. The summed E-state index contributed by atoms with van der Waals surface area (Å²) in [5.74, 6) is -2.00. The number of hydrogen-bond acceptors (Lipinski definition) is 5. The Hall–Kier alpha value is -3.48. The maximum atomic E-state index is 13.0. The van der Waals surface area contributed by atoms with Crippen molar-refractivity contribution < 1.29 is 19.2 Å². The van der Waals surface area contributed by atoms with Crippen molar-refractivity contribution in [3.8, 4) is 0 Å². The normalized spacial score (nSPS) is 14.0. The second kappa shape index (κ2) is 8.10. The van der Waals surface area contributed by atoms with Gasteiger partial charge in [0.2, 0.25) is 0 Å². The second-order valence-corrected chi connectivity index (χ2v) is 7.17. The molecule has 1 aliphatic heterocycles. The van der Waals surface area contributed by atoms with Gasteiger partial charge in [0.25, 0.3) is 11.8 Å². The van der Waals surface area contributed by atoms with Crippen molar-refractivity contribution in [2.24, 2.45) is 5.16 Å². The second-order valence-electron chi connectivity index (χ2n) is 6.30. The highest BCUT2D eigenvalue weighted by atomic mass is 35.5. The molecule has 0 unspecified atom stereocenters. The van der Waals surface area contributed by atoms with E-state index in [1.807, 2.05) is 0 Å². The van der Waals surface area contributed by atoms with Crippen molar-refractivity contribution in [1.82, 2.24) is 0 Å². The number of fused-ring (bicyclic) bond motifs is 1. The standard InChI is InChI=1S/C22H12Cl2N2O4/c23-15-9-5-13(6-10-15)20(27)26-18-4-2-1-3-17(18)19(21(26)28)25-30-22(29)14-7-11-16(24)12-8-14/h1-12H. The van der Waals surface area contributed by atoms with Gasteiger partial charge in [-0.15, -0.1) is 0 Å². The lowest BCUT2D eigenvalue weighted by molar-refractivity contribution is -0.111. The zero-order valence-electron chi connectivity index (χ0n) is 15.2. The summed E-state index contributed by atoms with van der Waals surface area (Å²) < 4.78 is 0. The van der Waals surface area contributed by atoms with Crippen LogP contribution in [0.2, 0.25) is 10.0 Å². The van der Waals surface area contributed by atoms with Crippen LogP contribution in [0, 0.1) is 0 Å². The van der Waals surface area contributed by atoms with Crippen molar-refractivity contribution in [2.75, 3.05) is 4.90 Å². The molecular weight excluding hydrogens is 427 g/mol. The SMILES string of the molecule is O=C(ON=C1C(=O)N(C(=O)c2ccc(Cl)cc2)c2ccccc21)c1ccc(Cl)cc1. The Morgan fingerprint density at radius 3 is 2.00 bits per heavy atom. The number of benzene rings is 3. The molecule has 6 nitrogen and oxygen atoms in total. The van der Waals surface area contributed by atoms with Crippen LogP contribution >= 0.6 is 23.2 Å². The number of anilines is 1. The fourth-order valence-electron chi connectivity index (χ4n) is 2.94. The number of oxime groups is 1. The van der Waals surface area contributed by atoms with Crippen LogP contribution in [-0.2, 0) is 9.63 Å². The molecule has 4 rings (SSSR count). The van der Waals surface area contributed by atoms with Gasteiger partial charge >= 0.3 is 5.97 Å². The molecule has 3 aromatic carbocycles. The van der Waals surface area contributed by atoms with Crippen molar-refractivity contribution in [3.63, 3.8) is 0 Å². The Morgan fingerprint density at radius 1 is 0.800 bits per heavy atom. The molecule has 0 aliphatic carbocycles. The molecule has 0 aromatic heterocycles. The average molecular weight is 439 g/mol. The first-order valence-electron chi connectivity index (χ1n) is 8.74. The predicted molar refractivity (Wildman–Crippen MR) is 113 cm³/mol. The van der Waals surface area contributed by atoms with Crippen molar-refractivity contribution in [2.45, 2.75) is 0 Å². The average Bonchev–Trinajstić information content (AvgIpc) is 3.03. The fourth-order valence-corrected chi connectivity index (χ4v) is 3.19. The molecule has 2 amide bonds. The Labute approximate surface area is 181 Å². The van der Waals surface area contributed by atoms with Crippen molar-refractivity contribution in [3.05, 3.63) is 99.5 Å². The molecule has 0 fully saturated rings. The molecule has 0 N–H and O–H groups in total. The summed E-state index contributed by atoms with van der Waals surface area (Å²) in [6, 6.07) is 18.8. The molecule has 0 radical (unpaired) electrons. The van der Waals surface area contributed by atoms with E-state index in [1.54, 1.807) is 36.4 Å². The van der Waals surface area contributed by atoms with Gasteiger partial charge in [-0.05, 0) is 54.6 Å². The molecule has 30 heavy (non-hydrogen) atoms. The summed E-state index contributed by atoms with van der Waals surface area (Å²) in [5, 5.41) is 4.69. The lowest BCUT2D eigenvalue weighted by Gasteiger charge is -2.14. The van der Waals surface area contributed by atoms with Crippen LogP contribution in [0.3, 0.4) is 0 Å². The van der Waals surface area contributed by atoms with Crippen LogP contribution in [0.5, 0.6) is 0 Å². The highest BCUT2D eigenvalue weighted by Crippen LogP contribution is 2.31. The molecule has 1 heterocycles. The van der Waals surface area contributed by atoms with Crippen molar-refractivity contribution in [1.29, 1.82) is 0 Å². The van der Waals surface area contributed by atoms with Crippen LogP contribution in [0.1, 0.15) is 26.3 Å². The Kier molecular flexibility index (Phi) is 5.35. The van der Waals surface area contributed by atoms with Gasteiger partial charge in [-0.1, -0.05) is 46.6 Å². The van der Waals surface area contributed by atoms with Gasteiger partial charge in [0, 0.05) is 21.2 Å². The number of imide groups is 1. The summed E-state index contributed by atoms with van der Waals surface area (Å²) in [6.07, 6.45) is 0. The lowest BCUT2D eigenvalue weighted by atomic mass is 10.1. The largest absolute Gasteiger partial charge is 0.365 e. The maximum Gasteiger partial charge on any atom is 0.365 e. The Morgan fingerprint density at radius 2 is 1.37 bits per heavy atom. The van der Waals surface area contributed by atoms with Crippen LogP contribution in [0.15, 0.2) is 78.0 Å². The van der Waals surface area contributed by atoms with Crippen molar-refractivity contribution >= 4 is 52.4 Å². The topological polar surface area (TPSA) is 76.0 Å². The summed E-state index contributed by atoms with van der Waals surface area (Å²) in [4.78, 5) is 44.1. The number of rotatable bonds is 3. The molecule has 0 saturated carbocycles. The molecule has 0 atom stereocenters. The minimum Gasteiger partial charge on any atom is -0.312 e. The highest BCUT2D eigenvalue weighted by molar-refractivity contribution is 6.58. The third-order valence-corrected chi connectivity index (χ3v) is 4.90. The number of carbonyl (C=O) groups is 3. The first kappa shape index (κ1) is 19.8. The van der Waals surface area contributed by atoms with E-state index in [0.29, 0.717) is 21.3 Å². The molecular formula is C22H12Cl2N2O4. The molecule has 0 saturated heterocycles. The van der Waals surface area contributed by atoms with Gasteiger partial charge in [-0.25, -0.2) is 9.69 Å². The minimum absolute atomic E-state index is 0.143. The van der Waals surface area contributed by atoms with Gasteiger partial charge in [0.05, 0.1) is 11.3 Å².